The van der Waals surface area contributed by atoms with Gasteiger partial charge >= 0.3 is 0 Å². The van der Waals surface area contributed by atoms with E-state index in [1.165, 1.54) is 12.8 Å². The van der Waals surface area contributed by atoms with Crippen molar-refractivity contribution in [2.75, 3.05) is 6.61 Å². The van der Waals surface area contributed by atoms with Crippen molar-refractivity contribution in [2.45, 2.75) is 26.2 Å². The molecule has 8 atom stereocenters. The standard InChI is InChI=1S/C15H22O/c1-8-11(4-5-16)13-7-12(8)14-9-2-3-10(6-9)15(13)14/h2-3,8-16H,4-7H2,1H3. The van der Waals surface area contributed by atoms with E-state index in [1.807, 2.05) is 0 Å². The lowest BCUT2D eigenvalue weighted by molar-refractivity contribution is 0.0792. The highest BCUT2D eigenvalue weighted by Crippen LogP contribution is 2.68. The fourth-order valence-electron chi connectivity index (χ4n) is 6.09. The van der Waals surface area contributed by atoms with Gasteiger partial charge in [0, 0.05) is 6.61 Å². The maximum Gasteiger partial charge on any atom is 0.0433 e. The lowest BCUT2D eigenvalue weighted by atomic mass is 9.64. The van der Waals surface area contributed by atoms with Gasteiger partial charge in [-0.05, 0) is 66.6 Å². The normalized spacial score (nSPS) is 60.9. The highest BCUT2D eigenvalue weighted by Gasteiger charge is 2.62. The van der Waals surface area contributed by atoms with Crippen LogP contribution in [0.3, 0.4) is 0 Å². The van der Waals surface area contributed by atoms with Crippen LogP contribution in [-0.4, -0.2) is 11.7 Å². The summed E-state index contributed by atoms with van der Waals surface area (Å²) in [6.07, 6.45) is 9.02. The average Bonchev–Trinajstić information content (AvgIpc) is 2.97. The quantitative estimate of drug-likeness (QED) is 0.558. The van der Waals surface area contributed by atoms with Gasteiger partial charge in [-0.3, -0.25) is 0 Å². The highest BCUT2D eigenvalue weighted by molar-refractivity contribution is 5.21. The minimum Gasteiger partial charge on any atom is -0.396 e. The summed E-state index contributed by atoms with van der Waals surface area (Å²) in [6, 6.07) is 0. The molecule has 4 aliphatic carbocycles. The van der Waals surface area contributed by atoms with Crippen LogP contribution < -0.4 is 0 Å². The van der Waals surface area contributed by atoms with Gasteiger partial charge in [0.25, 0.3) is 0 Å². The number of hydrogen-bond acceptors (Lipinski definition) is 1. The summed E-state index contributed by atoms with van der Waals surface area (Å²) in [5.41, 5.74) is 0. The molecule has 8 unspecified atom stereocenters. The summed E-state index contributed by atoms with van der Waals surface area (Å²) in [4.78, 5) is 0. The van der Waals surface area contributed by atoms with Gasteiger partial charge in [-0.25, -0.2) is 0 Å². The van der Waals surface area contributed by atoms with Gasteiger partial charge in [-0.1, -0.05) is 19.1 Å². The van der Waals surface area contributed by atoms with Crippen LogP contribution in [0.2, 0.25) is 0 Å². The molecule has 16 heavy (non-hydrogen) atoms. The Morgan fingerprint density at radius 1 is 1.06 bits per heavy atom. The number of hydrogen-bond donors (Lipinski definition) is 1. The molecule has 4 rings (SSSR count). The van der Waals surface area contributed by atoms with Crippen LogP contribution in [0.15, 0.2) is 12.2 Å². The van der Waals surface area contributed by atoms with Crippen molar-refractivity contribution >= 4 is 0 Å². The predicted octanol–water partition coefficient (Wildman–Crippen LogP) is 2.71. The van der Waals surface area contributed by atoms with Gasteiger partial charge in [0.2, 0.25) is 0 Å². The second-order valence-electron chi connectivity index (χ2n) is 6.70. The SMILES string of the molecule is CC1C(CCO)C2CC1C1C3C=CC(C3)C21. The zero-order chi connectivity index (χ0) is 10.9. The summed E-state index contributed by atoms with van der Waals surface area (Å²) >= 11 is 0. The number of aliphatic hydroxyl groups excluding tert-OH is 1. The van der Waals surface area contributed by atoms with E-state index in [0.717, 1.165) is 53.8 Å². The summed E-state index contributed by atoms with van der Waals surface area (Å²) in [5, 5.41) is 9.23. The van der Waals surface area contributed by atoms with E-state index in [0.29, 0.717) is 6.61 Å². The van der Waals surface area contributed by atoms with E-state index in [1.54, 1.807) is 0 Å². The molecule has 3 saturated carbocycles. The number of aliphatic hydroxyl groups is 1. The Morgan fingerprint density at radius 3 is 2.44 bits per heavy atom. The summed E-state index contributed by atoms with van der Waals surface area (Å²) in [6.45, 7) is 2.86. The first-order chi connectivity index (χ1) is 7.81. The fourth-order valence-corrected chi connectivity index (χ4v) is 6.09. The molecular weight excluding hydrogens is 196 g/mol. The lowest BCUT2D eigenvalue weighted by Gasteiger charge is -2.40. The van der Waals surface area contributed by atoms with E-state index < -0.39 is 0 Å². The Balaban J connectivity index is 1.67. The number of rotatable bonds is 2. The molecule has 1 heteroatoms. The second kappa shape index (κ2) is 3.13. The third-order valence-electron chi connectivity index (χ3n) is 6.48. The van der Waals surface area contributed by atoms with E-state index in [9.17, 15) is 5.11 Å². The van der Waals surface area contributed by atoms with Crippen molar-refractivity contribution in [3.8, 4) is 0 Å². The molecule has 88 valence electrons. The fraction of sp³-hybridized carbons (Fsp3) is 0.867. The average molecular weight is 218 g/mol. The van der Waals surface area contributed by atoms with Gasteiger partial charge in [-0.2, -0.15) is 0 Å². The van der Waals surface area contributed by atoms with Crippen molar-refractivity contribution < 1.29 is 5.11 Å². The van der Waals surface area contributed by atoms with Gasteiger partial charge < -0.3 is 5.11 Å². The molecule has 3 fully saturated rings. The zero-order valence-corrected chi connectivity index (χ0v) is 10.0. The van der Waals surface area contributed by atoms with Crippen molar-refractivity contribution in [2.24, 2.45) is 47.3 Å². The first kappa shape index (κ1) is 9.70. The summed E-state index contributed by atoms with van der Waals surface area (Å²) in [5.74, 6) is 7.55. The van der Waals surface area contributed by atoms with Crippen LogP contribution >= 0.6 is 0 Å². The molecular formula is C15H22O. The van der Waals surface area contributed by atoms with Crippen molar-refractivity contribution in [1.29, 1.82) is 0 Å². The molecule has 0 aromatic carbocycles. The molecule has 4 bridgehead atoms. The maximum absolute atomic E-state index is 9.23. The van der Waals surface area contributed by atoms with Crippen molar-refractivity contribution in [1.82, 2.24) is 0 Å². The summed E-state index contributed by atoms with van der Waals surface area (Å²) < 4.78 is 0. The molecule has 0 amide bonds. The summed E-state index contributed by atoms with van der Waals surface area (Å²) in [7, 11) is 0. The smallest absolute Gasteiger partial charge is 0.0433 e. The lowest BCUT2D eigenvalue weighted by Crippen LogP contribution is -2.36. The van der Waals surface area contributed by atoms with Crippen molar-refractivity contribution in [3.63, 3.8) is 0 Å². The number of allylic oxidation sites excluding steroid dienone is 2. The third kappa shape index (κ3) is 0.971. The largest absolute Gasteiger partial charge is 0.396 e. The molecule has 0 saturated heterocycles. The molecule has 0 aliphatic heterocycles. The highest BCUT2D eigenvalue weighted by atomic mass is 16.3. The van der Waals surface area contributed by atoms with Crippen LogP contribution in [0.4, 0.5) is 0 Å². The van der Waals surface area contributed by atoms with Crippen LogP contribution in [0.1, 0.15) is 26.2 Å². The van der Waals surface area contributed by atoms with Crippen LogP contribution in [-0.2, 0) is 0 Å². The topological polar surface area (TPSA) is 20.2 Å². The molecule has 1 nitrogen and oxygen atoms in total. The Hall–Kier alpha value is -0.300. The monoisotopic (exact) mass is 218 g/mol. The minimum absolute atomic E-state index is 0.402. The number of fused-ring (bicyclic) bond motifs is 9. The van der Waals surface area contributed by atoms with Crippen LogP contribution in [0, 0.1) is 47.3 Å². The third-order valence-corrected chi connectivity index (χ3v) is 6.48. The first-order valence-electron chi connectivity index (χ1n) is 7.10. The molecule has 0 radical (unpaired) electrons. The zero-order valence-electron chi connectivity index (χ0n) is 10.0. The van der Waals surface area contributed by atoms with Crippen LogP contribution in [0.25, 0.3) is 0 Å². The second-order valence-corrected chi connectivity index (χ2v) is 6.70. The molecule has 0 spiro atoms. The minimum atomic E-state index is 0.402. The Bertz CT molecular complexity index is 334. The molecule has 4 aliphatic rings. The molecule has 0 aromatic rings. The Labute approximate surface area is 97.9 Å². The Morgan fingerprint density at radius 2 is 1.75 bits per heavy atom. The predicted molar refractivity (Wildman–Crippen MR) is 63.7 cm³/mol. The van der Waals surface area contributed by atoms with Crippen LogP contribution in [0.5, 0.6) is 0 Å². The molecule has 1 N–H and O–H groups in total. The van der Waals surface area contributed by atoms with E-state index in [2.05, 4.69) is 19.1 Å². The molecule has 0 aromatic heterocycles. The Kier molecular flexibility index (Phi) is 1.90. The maximum atomic E-state index is 9.23. The van der Waals surface area contributed by atoms with E-state index >= 15 is 0 Å². The van der Waals surface area contributed by atoms with Gasteiger partial charge in [-0.15, -0.1) is 0 Å². The van der Waals surface area contributed by atoms with Gasteiger partial charge in [0.15, 0.2) is 0 Å². The van der Waals surface area contributed by atoms with E-state index in [4.69, 9.17) is 0 Å². The first-order valence-corrected chi connectivity index (χ1v) is 7.10. The van der Waals surface area contributed by atoms with Gasteiger partial charge in [0.05, 0.1) is 0 Å². The van der Waals surface area contributed by atoms with Gasteiger partial charge in [0.1, 0.15) is 0 Å². The van der Waals surface area contributed by atoms with E-state index in [-0.39, 0.29) is 0 Å². The molecule has 0 heterocycles. The van der Waals surface area contributed by atoms with Crippen molar-refractivity contribution in [3.05, 3.63) is 12.2 Å².